The van der Waals surface area contributed by atoms with Crippen molar-refractivity contribution in [3.63, 3.8) is 0 Å². The van der Waals surface area contributed by atoms with Crippen LogP contribution in [-0.2, 0) is 0 Å². The third-order valence-electron chi connectivity index (χ3n) is 29.9. The van der Waals surface area contributed by atoms with Gasteiger partial charge in [0.15, 0.2) is 32.3 Å². The standard InChI is InChI=1S/C138H102N2Si4/c1-13-45-115(46-14-1)141(116-47-15-2-16-48-116,117-49-17-3-18-50-117)127-95-83-105(84-96-127)103-75-87-109(88-76-103)139(113-43-41-69-129(99-113)143(121-57-25-7-26-58-121,122-59-27-8-28-60-122)123-61-29-9-30-62-123)111-91-79-107(80-92-111)135-101-137-134-74-40-38-72-132(134)136(102-138(137)133-73-39-37-71-131(133)135)108-81-93-112(94-82-108)140(114-44-42-70-130(100-114)144(124-63-31-10-32-64-124,125-65-33-11-34-66-125)126-67-35-12-36-68-126)110-89-77-104(78-90-110)106-85-97-128(98-86-106)142(118-51-19-4-20-52-118,119-53-21-5-22-54-119)120-55-23-6-24-56-120/h1-102H. The second-order valence-electron chi connectivity index (χ2n) is 37.5. The molecule has 24 aromatic rings. The molecule has 0 atom stereocenters. The highest BCUT2D eigenvalue weighted by Crippen LogP contribution is 2.45. The van der Waals surface area contributed by atoms with Gasteiger partial charge in [0, 0.05) is 34.1 Å². The van der Waals surface area contributed by atoms with Crippen LogP contribution in [0.2, 0.25) is 0 Å². The predicted octanol–water partition coefficient (Wildman–Crippen LogP) is 24.3. The molecule has 24 rings (SSSR count). The maximum absolute atomic E-state index is 2.98. The van der Waals surface area contributed by atoms with Gasteiger partial charge < -0.3 is 9.80 Å². The van der Waals surface area contributed by atoms with Crippen LogP contribution in [0.5, 0.6) is 0 Å². The van der Waals surface area contributed by atoms with Crippen LogP contribution in [0.4, 0.5) is 34.1 Å². The summed E-state index contributed by atoms with van der Waals surface area (Å²) in [4.78, 5) is 4.94. The van der Waals surface area contributed by atoms with Gasteiger partial charge in [-0.3, -0.25) is 0 Å². The summed E-state index contributed by atoms with van der Waals surface area (Å²) in [6.45, 7) is 0. The molecule has 0 fully saturated rings. The van der Waals surface area contributed by atoms with Gasteiger partial charge in [0.2, 0.25) is 0 Å². The molecule has 0 N–H and O–H groups in total. The second-order valence-corrected chi connectivity index (χ2v) is 52.8. The molecule has 0 aliphatic carbocycles. The smallest absolute Gasteiger partial charge is 0.179 e. The second kappa shape index (κ2) is 39.3. The van der Waals surface area contributed by atoms with Crippen molar-refractivity contribution in [3.8, 4) is 44.5 Å². The Labute approximate surface area is 848 Å². The van der Waals surface area contributed by atoms with Gasteiger partial charge in [0.25, 0.3) is 0 Å². The molecule has 680 valence electrons. The first kappa shape index (κ1) is 89.2. The Morgan fingerprint density at radius 1 is 0.0972 bits per heavy atom. The van der Waals surface area contributed by atoms with Crippen molar-refractivity contribution in [3.05, 3.63) is 619 Å². The quantitative estimate of drug-likeness (QED) is 0.0303. The van der Waals surface area contributed by atoms with Crippen molar-refractivity contribution in [1.82, 2.24) is 0 Å². The van der Waals surface area contributed by atoms with E-state index in [0.29, 0.717) is 0 Å². The zero-order chi connectivity index (χ0) is 96.1. The van der Waals surface area contributed by atoms with Gasteiger partial charge in [0.05, 0.1) is 0 Å². The van der Waals surface area contributed by atoms with E-state index in [9.17, 15) is 0 Å². The molecule has 144 heavy (non-hydrogen) atoms. The van der Waals surface area contributed by atoms with E-state index >= 15 is 0 Å². The highest BCUT2D eigenvalue weighted by Gasteiger charge is 2.46. The van der Waals surface area contributed by atoms with Crippen LogP contribution in [0.3, 0.4) is 0 Å². The van der Waals surface area contributed by atoms with E-state index in [1.165, 1.54) is 126 Å². The summed E-state index contributed by atoms with van der Waals surface area (Å²) >= 11 is 0. The molecule has 0 saturated heterocycles. The third kappa shape index (κ3) is 16.0. The largest absolute Gasteiger partial charge is 0.311 e. The first-order valence-corrected chi connectivity index (χ1v) is 57.9. The van der Waals surface area contributed by atoms with E-state index in [-0.39, 0.29) is 0 Å². The van der Waals surface area contributed by atoms with Gasteiger partial charge >= 0.3 is 0 Å². The van der Waals surface area contributed by atoms with Crippen LogP contribution in [0.1, 0.15) is 0 Å². The van der Waals surface area contributed by atoms with Crippen molar-refractivity contribution in [2.24, 2.45) is 0 Å². The Balaban J connectivity index is 0.609. The molecule has 0 bridgehead atoms. The van der Waals surface area contributed by atoms with Crippen LogP contribution < -0.4 is 92.8 Å². The van der Waals surface area contributed by atoms with Crippen LogP contribution in [0, 0.1) is 0 Å². The number of rotatable bonds is 26. The first-order chi connectivity index (χ1) is 71.4. The summed E-state index contributed by atoms with van der Waals surface area (Å²) in [5.74, 6) is 0. The van der Waals surface area contributed by atoms with E-state index in [4.69, 9.17) is 0 Å². The van der Waals surface area contributed by atoms with Gasteiger partial charge in [0.1, 0.15) is 0 Å². The van der Waals surface area contributed by atoms with Crippen LogP contribution >= 0.6 is 0 Å². The molecule has 0 aliphatic heterocycles. The lowest BCUT2D eigenvalue weighted by Crippen LogP contribution is -2.74. The Kier molecular flexibility index (Phi) is 24.3. The summed E-state index contributed by atoms with van der Waals surface area (Å²) in [5, 5.41) is 28.6. The number of benzene rings is 24. The lowest BCUT2D eigenvalue weighted by molar-refractivity contribution is 1.29. The molecule has 2 nitrogen and oxygen atoms in total. The minimum atomic E-state index is -2.98. The highest BCUT2D eigenvalue weighted by atomic mass is 28.3. The monoisotopic (exact) mass is 1900 g/mol. The number of hydrogen-bond acceptors (Lipinski definition) is 2. The third-order valence-corrected chi connectivity index (χ3v) is 49.0. The molecule has 0 aromatic heterocycles. The molecular formula is C138H102N2Si4. The normalized spacial score (nSPS) is 11.8. The lowest BCUT2D eigenvalue weighted by atomic mass is 9.87. The van der Waals surface area contributed by atoms with Crippen molar-refractivity contribution in [2.45, 2.75) is 0 Å². The van der Waals surface area contributed by atoms with Gasteiger partial charge in [-0.05, 0) is 245 Å². The average Bonchev–Trinajstić information content (AvgIpc) is 0.747. The zero-order valence-corrected chi connectivity index (χ0v) is 83.8. The Bertz CT molecular complexity index is 7670. The van der Waals surface area contributed by atoms with Gasteiger partial charge in [-0.15, -0.1) is 0 Å². The molecule has 0 saturated carbocycles. The Hall–Kier alpha value is -17.5. The molecule has 24 aromatic carbocycles. The minimum absolute atomic E-state index is 1.05. The molecule has 0 amide bonds. The van der Waals surface area contributed by atoms with Crippen molar-refractivity contribution < 1.29 is 0 Å². The minimum Gasteiger partial charge on any atom is -0.311 e. The molecular weight excluding hydrogens is 1800 g/mol. The fraction of sp³-hybridized carbons (Fsp3) is 0. The number of nitrogens with zero attached hydrogens (tertiary/aromatic N) is 2. The van der Waals surface area contributed by atoms with Crippen LogP contribution in [0.25, 0.3) is 76.8 Å². The summed E-state index contributed by atoms with van der Waals surface area (Å²) in [6, 6.07) is 233. The fourth-order valence-electron chi connectivity index (χ4n) is 23.3. The number of anilines is 6. The Morgan fingerprint density at radius 3 is 0.465 bits per heavy atom. The van der Waals surface area contributed by atoms with Crippen LogP contribution in [0.15, 0.2) is 619 Å². The summed E-state index contributed by atoms with van der Waals surface area (Å²) in [6.07, 6.45) is 0. The average molecular weight is 1900 g/mol. The van der Waals surface area contributed by atoms with E-state index in [1.54, 1.807) is 0 Å². The predicted molar refractivity (Wildman–Crippen MR) is 625 cm³/mol. The Morgan fingerprint density at radius 2 is 0.257 bits per heavy atom. The molecule has 0 heterocycles. The van der Waals surface area contributed by atoms with E-state index < -0.39 is 32.3 Å². The molecule has 0 spiro atoms. The maximum atomic E-state index is 2.49. The fourth-order valence-corrected chi connectivity index (χ4v) is 42.4. The highest BCUT2D eigenvalue weighted by molar-refractivity contribution is 7.22. The van der Waals surface area contributed by atoms with E-state index in [0.717, 1.165) is 67.5 Å². The maximum Gasteiger partial charge on any atom is 0.179 e. The molecule has 0 radical (unpaired) electrons. The van der Waals surface area contributed by atoms with Gasteiger partial charge in [-0.25, -0.2) is 0 Å². The van der Waals surface area contributed by atoms with Crippen LogP contribution in [-0.4, -0.2) is 32.3 Å². The summed E-state index contributed by atoms with van der Waals surface area (Å²) < 4.78 is 0. The number of fused-ring (bicyclic) bond motifs is 5. The SMILES string of the molecule is c1ccc([Si](c2ccccc2)(c2ccccc2)c2ccc(-c3ccc(N(c4ccc(-c5cc6c7ccccc7c(-c7ccc(N(c8ccc(-c9ccc([Si](c%10ccccc%10)(c%10ccccc%10)c%10ccccc%10)cc9)cc8)c8cccc([Si](c9ccccc9)(c9ccccc9)c9ccccc9)c8)cc7)cc6c6ccccc56)cc4)c4cccc([Si](c5ccccc5)(c5ccccc5)c5ccccc5)c4)cc3)cc2)cc1. The molecule has 0 unspecified atom stereocenters. The zero-order valence-electron chi connectivity index (χ0n) is 79.8. The number of hydrogen-bond donors (Lipinski definition) is 0. The van der Waals surface area contributed by atoms with Crippen molar-refractivity contribution in [2.75, 3.05) is 9.80 Å². The summed E-state index contributed by atoms with van der Waals surface area (Å²) in [7, 11) is -11.5. The van der Waals surface area contributed by atoms with Gasteiger partial charge in [-0.1, -0.05) is 534 Å². The van der Waals surface area contributed by atoms with Crippen molar-refractivity contribution in [1.29, 1.82) is 0 Å². The lowest BCUT2D eigenvalue weighted by Gasteiger charge is -2.35. The summed E-state index contributed by atoms with van der Waals surface area (Å²) in [5.41, 5.74) is 15.6. The first-order valence-electron chi connectivity index (χ1n) is 49.9. The van der Waals surface area contributed by atoms with Gasteiger partial charge in [-0.2, -0.15) is 0 Å². The molecule has 0 aliphatic rings. The van der Waals surface area contributed by atoms with E-state index in [1.807, 2.05) is 0 Å². The molecule has 6 heteroatoms. The topological polar surface area (TPSA) is 6.48 Å². The van der Waals surface area contributed by atoms with Crippen molar-refractivity contribution >= 4 is 182 Å². The van der Waals surface area contributed by atoms with E-state index in [2.05, 4.69) is 629 Å².